The maximum absolute atomic E-state index is 12.0. The number of aliphatic hydroxyl groups is 1. The number of hydrogen-bond acceptors (Lipinski definition) is 4. The quantitative estimate of drug-likeness (QED) is 0.727. The van der Waals surface area contributed by atoms with Crippen molar-refractivity contribution in [2.75, 3.05) is 19.8 Å². The lowest BCUT2D eigenvalue weighted by atomic mass is 10.1. The van der Waals surface area contributed by atoms with Gasteiger partial charge in [0.25, 0.3) is 0 Å². The Labute approximate surface area is 97.2 Å². The molecular formula is C10H21NO4S. The molecule has 0 aromatic heterocycles. The number of sulfonamides is 1. The van der Waals surface area contributed by atoms with Crippen molar-refractivity contribution in [2.24, 2.45) is 5.92 Å². The molecule has 1 rings (SSSR count). The largest absolute Gasteiger partial charge is 0.395 e. The zero-order chi connectivity index (χ0) is 12.2. The van der Waals surface area contributed by atoms with E-state index in [2.05, 4.69) is 4.72 Å². The normalized spacial score (nSPS) is 21.2. The molecule has 96 valence electrons. The Hall–Kier alpha value is -0.170. The maximum atomic E-state index is 12.0. The van der Waals surface area contributed by atoms with Crippen LogP contribution in [0.1, 0.15) is 26.7 Å². The molecule has 5 nitrogen and oxygen atoms in total. The van der Waals surface area contributed by atoms with E-state index in [9.17, 15) is 8.42 Å². The summed E-state index contributed by atoms with van der Waals surface area (Å²) in [4.78, 5) is 0. The number of hydrogen-bond donors (Lipinski definition) is 2. The minimum absolute atomic E-state index is 0.0830. The molecule has 16 heavy (non-hydrogen) atoms. The Balaban J connectivity index is 2.62. The van der Waals surface area contributed by atoms with Gasteiger partial charge in [0.05, 0.1) is 11.9 Å². The van der Waals surface area contributed by atoms with Gasteiger partial charge >= 0.3 is 0 Å². The third kappa shape index (κ3) is 3.69. The van der Waals surface area contributed by atoms with Gasteiger partial charge in [-0.1, -0.05) is 13.8 Å². The highest BCUT2D eigenvalue weighted by atomic mass is 32.2. The summed E-state index contributed by atoms with van der Waals surface area (Å²) in [6, 6.07) is -0.396. The van der Waals surface area contributed by atoms with Gasteiger partial charge < -0.3 is 9.84 Å². The van der Waals surface area contributed by atoms with Crippen molar-refractivity contribution in [1.82, 2.24) is 4.72 Å². The van der Waals surface area contributed by atoms with Gasteiger partial charge in [-0.3, -0.25) is 0 Å². The van der Waals surface area contributed by atoms with Crippen molar-refractivity contribution in [1.29, 1.82) is 0 Å². The highest BCUT2D eigenvalue weighted by Gasteiger charge is 2.30. The Kier molecular flexibility index (Phi) is 5.17. The molecule has 0 aliphatic carbocycles. The fourth-order valence-electron chi connectivity index (χ4n) is 1.68. The van der Waals surface area contributed by atoms with E-state index in [0.717, 1.165) is 0 Å². The fourth-order valence-corrected chi connectivity index (χ4v) is 3.45. The first-order valence-corrected chi connectivity index (χ1v) is 7.21. The van der Waals surface area contributed by atoms with Crippen LogP contribution in [0.3, 0.4) is 0 Å². The first-order chi connectivity index (χ1) is 7.47. The first-order valence-electron chi connectivity index (χ1n) is 5.67. The Bertz CT molecular complexity index is 296. The summed E-state index contributed by atoms with van der Waals surface area (Å²) >= 11 is 0. The first kappa shape index (κ1) is 13.9. The number of nitrogens with one attached hydrogen (secondary N) is 1. The van der Waals surface area contributed by atoms with Gasteiger partial charge in [0, 0.05) is 19.3 Å². The molecule has 1 fully saturated rings. The minimum atomic E-state index is -3.33. The second-order valence-corrected chi connectivity index (χ2v) is 6.50. The minimum Gasteiger partial charge on any atom is -0.395 e. The smallest absolute Gasteiger partial charge is 0.214 e. The molecule has 0 aromatic rings. The van der Waals surface area contributed by atoms with E-state index in [1.807, 2.05) is 13.8 Å². The lowest BCUT2D eigenvalue weighted by Crippen LogP contribution is -2.46. The van der Waals surface area contributed by atoms with E-state index < -0.39 is 16.1 Å². The number of rotatable bonds is 5. The van der Waals surface area contributed by atoms with Gasteiger partial charge in [0.2, 0.25) is 10.0 Å². The maximum Gasteiger partial charge on any atom is 0.214 e. The van der Waals surface area contributed by atoms with E-state index in [1.165, 1.54) is 0 Å². The number of aliphatic hydroxyl groups excluding tert-OH is 1. The average Bonchev–Trinajstić information content (AvgIpc) is 2.27. The molecule has 0 aromatic carbocycles. The lowest BCUT2D eigenvalue weighted by Gasteiger charge is -2.26. The highest BCUT2D eigenvalue weighted by Crippen LogP contribution is 2.16. The average molecular weight is 251 g/mol. The van der Waals surface area contributed by atoms with E-state index in [-0.39, 0.29) is 17.8 Å². The van der Waals surface area contributed by atoms with E-state index >= 15 is 0 Å². The Morgan fingerprint density at radius 3 is 2.38 bits per heavy atom. The standard InChI is InChI=1S/C10H21NO4S/c1-8(2)10(7-12)11-16(13,14)9-3-5-15-6-4-9/h8-12H,3-7H2,1-2H3. The van der Waals surface area contributed by atoms with Crippen molar-refractivity contribution < 1.29 is 18.3 Å². The molecule has 1 aliphatic rings. The second kappa shape index (κ2) is 5.95. The van der Waals surface area contributed by atoms with Crippen molar-refractivity contribution in [2.45, 2.75) is 38.0 Å². The summed E-state index contributed by atoms with van der Waals surface area (Å²) in [6.07, 6.45) is 1.07. The second-order valence-electron chi connectivity index (χ2n) is 4.51. The molecule has 1 aliphatic heterocycles. The molecule has 0 radical (unpaired) electrons. The van der Waals surface area contributed by atoms with Gasteiger partial charge in [-0.05, 0) is 18.8 Å². The van der Waals surface area contributed by atoms with Crippen molar-refractivity contribution in [3.63, 3.8) is 0 Å². The van der Waals surface area contributed by atoms with Gasteiger partial charge in [-0.15, -0.1) is 0 Å². The summed E-state index contributed by atoms with van der Waals surface area (Å²) in [5.74, 6) is 0.0830. The molecule has 1 saturated heterocycles. The van der Waals surface area contributed by atoms with E-state index in [4.69, 9.17) is 9.84 Å². The lowest BCUT2D eigenvalue weighted by molar-refractivity contribution is 0.0979. The van der Waals surface area contributed by atoms with Crippen LogP contribution in [0.25, 0.3) is 0 Å². The van der Waals surface area contributed by atoms with Crippen LogP contribution in [0.2, 0.25) is 0 Å². The molecule has 0 spiro atoms. The van der Waals surface area contributed by atoms with Crippen LogP contribution >= 0.6 is 0 Å². The Morgan fingerprint density at radius 2 is 1.94 bits per heavy atom. The molecular weight excluding hydrogens is 230 g/mol. The molecule has 0 bridgehead atoms. The third-order valence-corrected chi connectivity index (χ3v) is 4.90. The summed E-state index contributed by atoms with van der Waals surface area (Å²) in [5.41, 5.74) is 0. The monoisotopic (exact) mass is 251 g/mol. The van der Waals surface area contributed by atoms with Crippen LogP contribution in [0, 0.1) is 5.92 Å². The van der Waals surface area contributed by atoms with Crippen LogP contribution < -0.4 is 4.72 Å². The van der Waals surface area contributed by atoms with E-state index in [1.54, 1.807) is 0 Å². The SMILES string of the molecule is CC(C)C(CO)NS(=O)(=O)C1CCOCC1. The summed E-state index contributed by atoms with van der Waals surface area (Å²) < 4.78 is 31.7. The van der Waals surface area contributed by atoms with Crippen LogP contribution in [-0.2, 0) is 14.8 Å². The zero-order valence-electron chi connectivity index (χ0n) is 9.85. The molecule has 0 saturated carbocycles. The van der Waals surface area contributed by atoms with E-state index in [0.29, 0.717) is 26.1 Å². The van der Waals surface area contributed by atoms with Gasteiger partial charge in [-0.2, -0.15) is 0 Å². The molecule has 1 atom stereocenters. The zero-order valence-corrected chi connectivity index (χ0v) is 10.7. The number of ether oxygens (including phenoxy) is 1. The summed E-state index contributed by atoms with van der Waals surface area (Å²) in [7, 11) is -3.33. The van der Waals surface area contributed by atoms with Crippen molar-refractivity contribution >= 4 is 10.0 Å². The molecule has 1 unspecified atom stereocenters. The highest BCUT2D eigenvalue weighted by molar-refractivity contribution is 7.90. The predicted molar refractivity (Wildman–Crippen MR) is 61.6 cm³/mol. The fraction of sp³-hybridized carbons (Fsp3) is 1.00. The third-order valence-electron chi connectivity index (χ3n) is 2.92. The molecule has 0 amide bonds. The molecule has 2 N–H and O–H groups in total. The van der Waals surface area contributed by atoms with Crippen molar-refractivity contribution in [3.8, 4) is 0 Å². The van der Waals surface area contributed by atoms with Gasteiger partial charge in [-0.25, -0.2) is 13.1 Å². The van der Waals surface area contributed by atoms with Gasteiger partial charge in [0.15, 0.2) is 0 Å². The topological polar surface area (TPSA) is 75.6 Å². The van der Waals surface area contributed by atoms with Crippen LogP contribution in [0.4, 0.5) is 0 Å². The summed E-state index contributed by atoms with van der Waals surface area (Å²) in [6.45, 7) is 4.59. The van der Waals surface area contributed by atoms with Gasteiger partial charge in [0.1, 0.15) is 0 Å². The predicted octanol–water partition coefficient (Wildman–Crippen LogP) is 0.102. The van der Waals surface area contributed by atoms with Crippen LogP contribution in [0.5, 0.6) is 0 Å². The van der Waals surface area contributed by atoms with Crippen molar-refractivity contribution in [3.05, 3.63) is 0 Å². The molecule has 6 heteroatoms. The molecule has 1 heterocycles. The van der Waals surface area contributed by atoms with Crippen LogP contribution in [-0.4, -0.2) is 44.6 Å². The summed E-state index contributed by atoms with van der Waals surface area (Å²) in [5, 5.41) is 8.73. The Morgan fingerprint density at radius 1 is 1.38 bits per heavy atom. The van der Waals surface area contributed by atoms with Crippen LogP contribution in [0.15, 0.2) is 0 Å².